The zero-order valence-electron chi connectivity index (χ0n) is 16.0. The van der Waals surface area contributed by atoms with Crippen LogP contribution in [0.1, 0.15) is 38.2 Å². The van der Waals surface area contributed by atoms with Gasteiger partial charge in [0, 0.05) is 5.56 Å². The summed E-state index contributed by atoms with van der Waals surface area (Å²) in [6.45, 7) is 0. The smallest absolute Gasteiger partial charge is 0.419 e. The van der Waals surface area contributed by atoms with E-state index in [1.54, 1.807) is 0 Å². The maximum absolute atomic E-state index is 13.7. The van der Waals surface area contributed by atoms with E-state index >= 15 is 0 Å². The molecule has 0 aliphatic heterocycles. The van der Waals surface area contributed by atoms with Crippen LogP contribution in [-0.2, 0) is 24.7 Å². The molecule has 0 unspecified atom stereocenters. The van der Waals surface area contributed by atoms with Gasteiger partial charge in [0.05, 0.1) is 22.3 Å². The molecule has 0 atom stereocenters. The molecule has 0 amide bonds. The Kier molecular flexibility index (Phi) is 6.95. The van der Waals surface area contributed by atoms with Crippen molar-refractivity contribution >= 4 is 11.5 Å². The average molecular weight is 531 g/mol. The molecule has 35 heavy (non-hydrogen) atoms. The standard InChI is InChI=1S/C19H6F14O2/c20-14-8(16(22,23)24)1-6(2-9(14)17(25,26)27)12(34)5-13(35)7-3-10(18(28,29)30)15(21)11(4-7)19(31,32)33/h1-5,34H/p-1/b12-5-. The van der Waals surface area contributed by atoms with Crippen molar-refractivity contribution < 1.29 is 71.4 Å². The Balaban J connectivity index is 2.72. The van der Waals surface area contributed by atoms with Gasteiger partial charge in [-0.15, -0.1) is 0 Å². The highest BCUT2D eigenvalue weighted by molar-refractivity contribution is 6.08. The van der Waals surface area contributed by atoms with Gasteiger partial charge in [0.15, 0.2) is 5.78 Å². The van der Waals surface area contributed by atoms with Crippen LogP contribution in [0.4, 0.5) is 61.5 Å². The van der Waals surface area contributed by atoms with Crippen LogP contribution in [0, 0.1) is 11.6 Å². The Morgan fingerprint density at radius 3 is 1.09 bits per heavy atom. The highest BCUT2D eigenvalue weighted by Gasteiger charge is 2.43. The molecule has 0 radical (unpaired) electrons. The predicted octanol–water partition coefficient (Wildman–Crippen LogP) is 6.62. The number of benzene rings is 2. The Morgan fingerprint density at radius 2 is 0.829 bits per heavy atom. The lowest BCUT2D eigenvalue weighted by molar-refractivity contribution is -0.243. The van der Waals surface area contributed by atoms with Crippen molar-refractivity contribution in [3.63, 3.8) is 0 Å². The van der Waals surface area contributed by atoms with Crippen LogP contribution < -0.4 is 5.11 Å². The van der Waals surface area contributed by atoms with Gasteiger partial charge in [-0.25, -0.2) is 8.78 Å². The normalized spacial score (nSPS) is 13.8. The number of alkyl halides is 12. The van der Waals surface area contributed by atoms with Gasteiger partial charge in [0.1, 0.15) is 11.6 Å². The lowest BCUT2D eigenvalue weighted by Gasteiger charge is -2.19. The first-order chi connectivity index (χ1) is 15.5. The van der Waals surface area contributed by atoms with Gasteiger partial charge >= 0.3 is 24.7 Å². The van der Waals surface area contributed by atoms with Gasteiger partial charge in [0.25, 0.3) is 0 Å². The summed E-state index contributed by atoms with van der Waals surface area (Å²) in [4.78, 5) is 12.1. The number of allylic oxidation sites excluding steroid dienone is 1. The van der Waals surface area contributed by atoms with E-state index in [9.17, 15) is 71.4 Å². The molecule has 0 aliphatic carbocycles. The fourth-order valence-corrected chi connectivity index (χ4v) is 2.64. The quantitative estimate of drug-likeness (QED) is 0.193. The topological polar surface area (TPSA) is 40.1 Å². The average Bonchev–Trinajstić information content (AvgIpc) is 2.64. The van der Waals surface area contributed by atoms with Crippen LogP contribution in [0.15, 0.2) is 30.3 Å². The van der Waals surface area contributed by atoms with Gasteiger partial charge in [-0.05, 0) is 35.9 Å². The van der Waals surface area contributed by atoms with Crippen LogP contribution in [0.3, 0.4) is 0 Å². The minimum absolute atomic E-state index is 0.429. The molecule has 0 aromatic heterocycles. The number of carbonyl (C=O) groups is 1. The maximum atomic E-state index is 13.7. The third kappa shape index (κ3) is 6.03. The number of hydrogen-bond donors (Lipinski definition) is 0. The van der Waals surface area contributed by atoms with E-state index in [1.807, 2.05) is 0 Å². The van der Waals surface area contributed by atoms with Crippen LogP contribution in [0.5, 0.6) is 0 Å². The molecule has 0 spiro atoms. The zero-order chi connectivity index (χ0) is 27.3. The largest absolute Gasteiger partial charge is 0.872 e. The SMILES string of the molecule is O=C(/C=C(\[O-])c1cc(C(F)(F)F)c(F)c(C(F)(F)F)c1)c1cc(C(F)(F)F)c(F)c(C(F)(F)F)c1. The van der Waals surface area contributed by atoms with Crippen molar-refractivity contribution in [3.8, 4) is 0 Å². The summed E-state index contributed by atoms with van der Waals surface area (Å²) < 4.78 is 182. The van der Waals surface area contributed by atoms with Crippen LogP contribution in [0.25, 0.3) is 5.76 Å². The molecular formula is C19H5F14O2-. The van der Waals surface area contributed by atoms with Crippen molar-refractivity contribution in [2.45, 2.75) is 24.7 Å². The molecule has 2 rings (SSSR count). The maximum Gasteiger partial charge on any atom is 0.419 e. The molecule has 0 saturated heterocycles. The molecule has 0 saturated carbocycles. The predicted molar refractivity (Wildman–Crippen MR) is 85.1 cm³/mol. The van der Waals surface area contributed by atoms with Gasteiger partial charge in [0.2, 0.25) is 0 Å². The summed E-state index contributed by atoms with van der Waals surface area (Å²) in [6, 6.07) is -1.76. The summed E-state index contributed by atoms with van der Waals surface area (Å²) in [5.74, 6) is -9.76. The second-order valence-corrected chi connectivity index (χ2v) is 6.63. The number of carbonyl (C=O) groups excluding carboxylic acids is 1. The Bertz CT molecular complexity index is 1110. The molecule has 2 aromatic rings. The first kappa shape index (κ1) is 27.9. The van der Waals surface area contributed by atoms with E-state index in [1.165, 1.54) is 0 Å². The van der Waals surface area contributed by atoms with Gasteiger partial charge in [-0.1, -0.05) is 5.76 Å². The monoisotopic (exact) mass is 531 g/mol. The van der Waals surface area contributed by atoms with Gasteiger partial charge in [-0.3, -0.25) is 4.79 Å². The Hall–Kier alpha value is -3.33. The lowest BCUT2D eigenvalue weighted by atomic mass is 9.98. The Labute approximate surface area is 184 Å². The number of ketones is 1. The molecule has 16 heteroatoms. The van der Waals surface area contributed by atoms with E-state index in [-0.39, 0.29) is 0 Å². The fourth-order valence-electron chi connectivity index (χ4n) is 2.64. The molecule has 2 aromatic carbocycles. The lowest BCUT2D eigenvalue weighted by Crippen LogP contribution is -2.18. The highest BCUT2D eigenvalue weighted by atomic mass is 19.4. The zero-order valence-corrected chi connectivity index (χ0v) is 16.0. The molecule has 0 fully saturated rings. The molecular weight excluding hydrogens is 526 g/mol. The Morgan fingerprint density at radius 1 is 0.571 bits per heavy atom. The van der Waals surface area contributed by atoms with Crippen LogP contribution in [0.2, 0.25) is 0 Å². The second kappa shape index (κ2) is 8.71. The van der Waals surface area contributed by atoms with Crippen molar-refractivity contribution in [1.29, 1.82) is 0 Å². The first-order valence-electron chi connectivity index (χ1n) is 8.44. The first-order valence-corrected chi connectivity index (χ1v) is 8.44. The summed E-state index contributed by atoms with van der Waals surface area (Å²) in [6.07, 6.45) is -23.5. The van der Waals surface area contributed by atoms with Gasteiger partial charge < -0.3 is 5.11 Å². The molecule has 0 N–H and O–H groups in total. The summed E-state index contributed by atoms with van der Waals surface area (Å²) in [5, 5.41) is 12.1. The third-order valence-electron chi connectivity index (χ3n) is 4.20. The third-order valence-corrected chi connectivity index (χ3v) is 4.20. The van der Waals surface area contributed by atoms with E-state index in [0.29, 0.717) is 0 Å². The van der Waals surface area contributed by atoms with E-state index in [0.717, 1.165) is 0 Å². The number of hydrogen-bond acceptors (Lipinski definition) is 2. The molecule has 2 nitrogen and oxygen atoms in total. The van der Waals surface area contributed by atoms with Crippen LogP contribution >= 0.6 is 0 Å². The van der Waals surface area contributed by atoms with E-state index < -0.39 is 112 Å². The number of rotatable bonds is 3. The van der Waals surface area contributed by atoms with E-state index in [4.69, 9.17) is 0 Å². The van der Waals surface area contributed by atoms with E-state index in [2.05, 4.69) is 0 Å². The summed E-state index contributed by atoms with van der Waals surface area (Å²) in [5.41, 5.74) is -13.6. The van der Waals surface area contributed by atoms with Crippen molar-refractivity contribution in [2.24, 2.45) is 0 Å². The minimum Gasteiger partial charge on any atom is -0.872 e. The van der Waals surface area contributed by atoms with Crippen LogP contribution in [-0.4, -0.2) is 5.78 Å². The summed E-state index contributed by atoms with van der Waals surface area (Å²) in [7, 11) is 0. The second-order valence-electron chi connectivity index (χ2n) is 6.63. The van der Waals surface area contributed by atoms with Crippen molar-refractivity contribution in [2.75, 3.05) is 0 Å². The van der Waals surface area contributed by atoms with Crippen molar-refractivity contribution in [1.82, 2.24) is 0 Å². The van der Waals surface area contributed by atoms with Gasteiger partial charge in [-0.2, -0.15) is 52.7 Å². The minimum atomic E-state index is -5.77. The molecule has 192 valence electrons. The van der Waals surface area contributed by atoms with Crippen molar-refractivity contribution in [3.05, 3.63) is 75.4 Å². The molecule has 0 bridgehead atoms. The molecule has 0 heterocycles. The fraction of sp³-hybridized carbons (Fsp3) is 0.211. The number of halogens is 14. The molecule has 0 aliphatic rings. The highest BCUT2D eigenvalue weighted by Crippen LogP contribution is 2.41. The summed E-state index contributed by atoms with van der Waals surface area (Å²) >= 11 is 0.